The van der Waals surface area contributed by atoms with Crippen molar-refractivity contribution in [1.82, 2.24) is 0 Å². The van der Waals surface area contributed by atoms with Gasteiger partial charge in [0.25, 0.3) is 0 Å². The van der Waals surface area contributed by atoms with Crippen LogP contribution in [0.3, 0.4) is 0 Å². The van der Waals surface area contributed by atoms with Crippen molar-refractivity contribution in [1.29, 1.82) is 0 Å². The van der Waals surface area contributed by atoms with Gasteiger partial charge in [-0.15, -0.1) is 11.8 Å². The number of aryl methyl sites for hydroxylation is 1. The minimum Gasteiger partial charge on any atom is -0.327 e. The minimum absolute atomic E-state index is 0.633. The maximum atomic E-state index is 5.34. The number of benzene rings is 1. The predicted octanol–water partition coefficient (Wildman–Crippen LogP) is 2.60. The van der Waals surface area contributed by atoms with Gasteiger partial charge in [0.1, 0.15) is 0 Å². The Balaban J connectivity index is 2.41. The summed E-state index contributed by atoms with van der Waals surface area (Å²) in [5.74, 6) is 1.00. The van der Waals surface area contributed by atoms with Crippen molar-refractivity contribution in [3.8, 4) is 0 Å². The summed E-state index contributed by atoms with van der Waals surface area (Å²) < 4.78 is 0. The lowest BCUT2D eigenvalue weighted by atomic mass is 10.2. The van der Waals surface area contributed by atoms with E-state index in [9.17, 15) is 0 Å². The molecule has 1 rings (SSSR count). The molecule has 1 aromatic rings. The number of hydrogen-bond acceptors (Lipinski definition) is 2. The molecule has 0 unspecified atom stereocenters. The van der Waals surface area contributed by atoms with Gasteiger partial charge in [-0.05, 0) is 19.1 Å². The number of hydrogen-bond donors (Lipinski definition) is 1. The van der Waals surface area contributed by atoms with E-state index in [0.717, 1.165) is 5.75 Å². The summed E-state index contributed by atoms with van der Waals surface area (Å²) >= 11 is 1.83. The molecule has 0 heterocycles. The van der Waals surface area contributed by atoms with Crippen molar-refractivity contribution in [2.45, 2.75) is 11.8 Å². The van der Waals surface area contributed by atoms with E-state index in [-0.39, 0.29) is 0 Å². The molecule has 2 N–H and O–H groups in total. The average Bonchev–Trinajstić information content (AvgIpc) is 2.13. The summed E-state index contributed by atoms with van der Waals surface area (Å²) in [6, 6.07) is 8.53. The summed E-state index contributed by atoms with van der Waals surface area (Å²) in [5.41, 5.74) is 6.65. The third-order valence-electron chi connectivity index (χ3n) is 1.64. The molecule has 0 bridgehead atoms. The Morgan fingerprint density at radius 3 is 2.92 bits per heavy atom. The molecule has 0 saturated carbocycles. The Kier molecular flexibility index (Phi) is 4.65. The highest BCUT2D eigenvalue weighted by Crippen LogP contribution is 2.18. The van der Waals surface area contributed by atoms with Crippen LogP contribution in [-0.2, 0) is 0 Å². The summed E-state index contributed by atoms with van der Waals surface area (Å²) in [6.07, 6.45) is 4.09. The molecule has 0 fully saturated rings. The van der Waals surface area contributed by atoms with Gasteiger partial charge in [-0.1, -0.05) is 29.8 Å². The van der Waals surface area contributed by atoms with Gasteiger partial charge < -0.3 is 5.73 Å². The Morgan fingerprint density at radius 2 is 2.23 bits per heavy atom. The predicted molar refractivity (Wildman–Crippen MR) is 60.1 cm³/mol. The lowest BCUT2D eigenvalue weighted by molar-refractivity contribution is 1.25. The van der Waals surface area contributed by atoms with Gasteiger partial charge in [0, 0.05) is 17.2 Å². The highest BCUT2D eigenvalue weighted by atomic mass is 32.2. The van der Waals surface area contributed by atoms with E-state index in [2.05, 4.69) is 37.3 Å². The molecule has 0 aliphatic carbocycles. The number of nitrogens with two attached hydrogens (primary N) is 1. The smallest absolute Gasteiger partial charge is 0.0161 e. The van der Waals surface area contributed by atoms with E-state index < -0.39 is 0 Å². The summed E-state index contributed by atoms with van der Waals surface area (Å²) in [4.78, 5) is 1.32. The van der Waals surface area contributed by atoms with E-state index in [1.807, 2.05) is 17.8 Å². The summed E-state index contributed by atoms with van der Waals surface area (Å²) in [7, 11) is 0. The lowest BCUT2D eigenvalue weighted by Crippen LogP contribution is -1.92. The normalized spacial score (nSPS) is 10.9. The van der Waals surface area contributed by atoms with Crippen LogP contribution in [0.5, 0.6) is 0 Å². The van der Waals surface area contributed by atoms with Gasteiger partial charge in [0.2, 0.25) is 0 Å². The first-order valence-electron chi connectivity index (χ1n) is 4.37. The second-order valence-electron chi connectivity index (χ2n) is 2.83. The van der Waals surface area contributed by atoms with Gasteiger partial charge in [0.15, 0.2) is 0 Å². The second-order valence-corrected chi connectivity index (χ2v) is 3.93. The third-order valence-corrected chi connectivity index (χ3v) is 2.58. The van der Waals surface area contributed by atoms with Crippen LogP contribution in [0.4, 0.5) is 0 Å². The van der Waals surface area contributed by atoms with Crippen molar-refractivity contribution in [2.24, 2.45) is 5.73 Å². The van der Waals surface area contributed by atoms with E-state index >= 15 is 0 Å². The van der Waals surface area contributed by atoms with Crippen molar-refractivity contribution in [2.75, 3.05) is 12.3 Å². The third kappa shape index (κ3) is 4.15. The molecule has 13 heavy (non-hydrogen) atoms. The Labute approximate surface area is 84.0 Å². The highest BCUT2D eigenvalue weighted by molar-refractivity contribution is 7.99. The van der Waals surface area contributed by atoms with E-state index in [0.29, 0.717) is 6.54 Å². The fourth-order valence-corrected chi connectivity index (χ4v) is 1.88. The van der Waals surface area contributed by atoms with Crippen LogP contribution in [0, 0.1) is 6.92 Å². The topological polar surface area (TPSA) is 26.0 Å². The number of thioether (sulfide) groups is 1. The second kappa shape index (κ2) is 5.84. The van der Waals surface area contributed by atoms with E-state index in [4.69, 9.17) is 5.73 Å². The molecule has 0 spiro atoms. The molecular formula is C11H15NS. The molecule has 1 nitrogen and oxygen atoms in total. The summed E-state index contributed by atoms with van der Waals surface area (Å²) in [6.45, 7) is 2.74. The molecule has 1 aromatic carbocycles. The van der Waals surface area contributed by atoms with Crippen molar-refractivity contribution < 1.29 is 0 Å². The van der Waals surface area contributed by atoms with Gasteiger partial charge in [-0.2, -0.15) is 0 Å². The molecule has 0 saturated heterocycles. The van der Waals surface area contributed by atoms with Crippen LogP contribution in [0.15, 0.2) is 41.3 Å². The summed E-state index contributed by atoms with van der Waals surface area (Å²) in [5, 5.41) is 0. The first-order valence-corrected chi connectivity index (χ1v) is 5.36. The molecule has 0 aliphatic heterocycles. The molecule has 2 heteroatoms. The molecule has 0 radical (unpaired) electrons. The van der Waals surface area contributed by atoms with E-state index in [1.54, 1.807) is 0 Å². The minimum atomic E-state index is 0.633. The molecule has 0 aliphatic rings. The lowest BCUT2D eigenvalue weighted by Gasteiger charge is -1.98. The molecule has 0 aromatic heterocycles. The maximum absolute atomic E-state index is 5.34. The SMILES string of the molecule is Cc1cccc(SCC=CCN)c1. The Hall–Kier alpha value is -0.730. The fourth-order valence-electron chi connectivity index (χ4n) is 1.01. The van der Waals surface area contributed by atoms with Crippen molar-refractivity contribution >= 4 is 11.8 Å². The Bertz CT molecular complexity index is 281. The van der Waals surface area contributed by atoms with Crippen LogP contribution in [-0.4, -0.2) is 12.3 Å². The van der Waals surface area contributed by atoms with Crippen molar-refractivity contribution in [3.63, 3.8) is 0 Å². The quantitative estimate of drug-likeness (QED) is 0.587. The van der Waals surface area contributed by atoms with Crippen LogP contribution < -0.4 is 5.73 Å². The molecule has 0 atom stereocenters. The van der Waals surface area contributed by atoms with Gasteiger partial charge in [-0.3, -0.25) is 0 Å². The van der Waals surface area contributed by atoms with Gasteiger partial charge in [0.05, 0.1) is 0 Å². The number of rotatable bonds is 4. The first-order chi connectivity index (χ1) is 6.33. The zero-order valence-electron chi connectivity index (χ0n) is 7.86. The van der Waals surface area contributed by atoms with Crippen LogP contribution in [0.25, 0.3) is 0 Å². The Morgan fingerprint density at radius 1 is 1.38 bits per heavy atom. The standard InChI is InChI=1S/C11H15NS/c1-10-5-4-6-11(9-10)13-8-3-2-7-12/h2-6,9H,7-8,12H2,1H3. The van der Waals surface area contributed by atoms with E-state index in [1.165, 1.54) is 10.5 Å². The zero-order chi connectivity index (χ0) is 9.52. The molecule has 70 valence electrons. The molecule has 0 amide bonds. The maximum Gasteiger partial charge on any atom is 0.0161 e. The zero-order valence-corrected chi connectivity index (χ0v) is 8.68. The van der Waals surface area contributed by atoms with Crippen LogP contribution >= 0.6 is 11.8 Å². The monoisotopic (exact) mass is 193 g/mol. The van der Waals surface area contributed by atoms with Crippen LogP contribution in [0.1, 0.15) is 5.56 Å². The highest BCUT2D eigenvalue weighted by Gasteiger charge is 1.90. The largest absolute Gasteiger partial charge is 0.327 e. The molecular weight excluding hydrogens is 178 g/mol. The van der Waals surface area contributed by atoms with Gasteiger partial charge >= 0.3 is 0 Å². The van der Waals surface area contributed by atoms with Gasteiger partial charge in [-0.25, -0.2) is 0 Å². The van der Waals surface area contributed by atoms with Crippen molar-refractivity contribution in [3.05, 3.63) is 42.0 Å². The first kappa shape index (κ1) is 10.4. The van der Waals surface area contributed by atoms with Crippen LogP contribution in [0.2, 0.25) is 0 Å². The average molecular weight is 193 g/mol. The fraction of sp³-hybridized carbons (Fsp3) is 0.273.